The molecule has 0 atom stereocenters. The molecule has 0 bridgehead atoms. The van der Waals surface area contributed by atoms with Crippen molar-refractivity contribution in [3.63, 3.8) is 0 Å². The maximum atomic E-state index is 4.24. The molecule has 0 amide bonds. The van der Waals surface area contributed by atoms with Crippen LogP contribution in [0.2, 0.25) is 0 Å². The molecule has 0 aromatic carbocycles. The van der Waals surface area contributed by atoms with Crippen molar-refractivity contribution in [1.29, 1.82) is 0 Å². The maximum absolute atomic E-state index is 4.24. The third-order valence-electron chi connectivity index (χ3n) is 2.68. The Morgan fingerprint density at radius 1 is 1.47 bits per heavy atom. The second-order valence-electron chi connectivity index (χ2n) is 4.24. The van der Waals surface area contributed by atoms with Crippen LogP contribution in [-0.4, -0.2) is 35.6 Å². The van der Waals surface area contributed by atoms with E-state index in [1.165, 1.54) is 4.88 Å². The Balaban J connectivity index is 0.00000256. The lowest BCUT2D eigenvalue weighted by Crippen LogP contribution is -2.36. The zero-order valence-electron chi connectivity index (χ0n) is 11.2. The van der Waals surface area contributed by atoms with Gasteiger partial charge in [0.2, 0.25) is 0 Å². The van der Waals surface area contributed by atoms with Gasteiger partial charge in [-0.1, -0.05) is 6.92 Å². The largest absolute Gasteiger partial charge is 0.311 e. The first kappa shape index (κ1) is 16.8. The SMILES string of the molecule is CCN(CCNCc1cnc(C)s1)C(C)C.Cl. The molecule has 100 valence electrons. The van der Waals surface area contributed by atoms with E-state index >= 15 is 0 Å². The Morgan fingerprint density at radius 3 is 2.65 bits per heavy atom. The maximum Gasteiger partial charge on any atom is 0.0897 e. The van der Waals surface area contributed by atoms with Gasteiger partial charge in [0.05, 0.1) is 5.01 Å². The molecule has 0 fully saturated rings. The number of nitrogens with zero attached hydrogens (tertiary/aromatic N) is 2. The third-order valence-corrected chi connectivity index (χ3v) is 3.59. The summed E-state index contributed by atoms with van der Waals surface area (Å²) in [6.07, 6.45) is 1.97. The van der Waals surface area contributed by atoms with Gasteiger partial charge >= 0.3 is 0 Å². The summed E-state index contributed by atoms with van der Waals surface area (Å²) in [7, 11) is 0. The van der Waals surface area contributed by atoms with E-state index in [0.29, 0.717) is 6.04 Å². The lowest BCUT2D eigenvalue weighted by atomic mass is 10.3. The third kappa shape index (κ3) is 6.36. The number of aryl methyl sites for hydroxylation is 1. The van der Waals surface area contributed by atoms with Crippen molar-refractivity contribution < 1.29 is 0 Å². The van der Waals surface area contributed by atoms with Crippen molar-refractivity contribution in [3.05, 3.63) is 16.1 Å². The molecule has 0 saturated heterocycles. The summed E-state index contributed by atoms with van der Waals surface area (Å²) in [5.41, 5.74) is 0. The summed E-state index contributed by atoms with van der Waals surface area (Å²) in [6, 6.07) is 0.637. The monoisotopic (exact) mass is 277 g/mol. The highest BCUT2D eigenvalue weighted by molar-refractivity contribution is 7.11. The Bertz CT molecular complexity index is 302. The van der Waals surface area contributed by atoms with Gasteiger partial charge in [-0.25, -0.2) is 4.98 Å². The summed E-state index contributed by atoms with van der Waals surface area (Å²) in [5, 5.41) is 4.61. The minimum Gasteiger partial charge on any atom is -0.311 e. The zero-order chi connectivity index (χ0) is 12.0. The molecule has 17 heavy (non-hydrogen) atoms. The van der Waals surface area contributed by atoms with Gasteiger partial charge in [-0.05, 0) is 27.3 Å². The molecule has 0 spiro atoms. The smallest absolute Gasteiger partial charge is 0.0897 e. The molecule has 1 heterocycles. The number of hydrogen-bond donors (Lipinski definition) is 1. The van der Waals surface area contributed by atoms with Crippen molar-refractivity contribution in [2.75, 3.05) is 19.6 Å². The summed E-state index contributed by atoms with van der Waals surface area (Å²) in [6.45, 7) is 13.0. The number of hydrogen-bond acceptors (Lipinski definition) is 4. The number of halogens is 1. The molecule has 1 rings (SSSR count). The van der Waals surface area contributed by atoms with Crippen LogP contribution < -0.4 is 5.32 Å². The van der Waals surface area contributed by atoms with Crippen LogP contribution in [0.15, 0.2) is 6.20 Å². The topological polar surface area (TPSA) is 28.2 Å². The fraction of sp³-hybridized carbons (Fsp3) is 0.750. The molecule has 0 aliphatic rings. The Labute approximate surface area is 115 Å². The summed E-state index contributed by atoms with van der Waals surface area (Å²) in [4.78, 5) is 8.03. The number of likely N-dealkylation sites (N-methyl/N-ethyl adjacent to an activating group) is 1. The van der Waals surface area contributed by atoms with Gasteiger partial charge in [0.25, 0.3) is 0 Å². The van der Waals surface area contributed by atoms with Crippen LogP contribution in [0.1, 0.15) is 30.7 Å². The van der Waals surface area contributed by atoms with Crippen molar-refractivity contribution in [2.24, 2.45) is 0 Å². The average molecular weight is 278 g/mol. The highest BCUT2D eigenvalue weighted by Gasteiger charge is 2.05. The van der Waals surface area contributed by atoms with E-state index in [0.717, 1.165) is 31.2 Å². The van der Waals surface area contributed by atoms with Crippen LogP contribution >= 0.6 is 23.7 Å². The van der Waals surface area contributed by atoms with Gasteiger partial charge in [0.1, 0.15) is 0 Å². The first-order chi connectivity index (χ1) is 7.63. The molecular formula is C12H24ClN3S. The molecular weight excluding hydrogens is 254 g/mol. The van der Waals surface area contributed by atoms with E-state index in [1.807, 2.05) is 13.1 Å². The minimum absolute atomic E-state index is 0. The number of aromatic nitrogens is 1. The Morgan fingerprint density at radius 2 is 2.18 bits per heavy atom. The normalized spacial score (nSPS) is 10.9. The van der Waals surface area contributed by atoms with Crippen molar-refractivity contribution >= 4 is 23.7 Å². The highest BCUT2D eigenvalue weighted by Crippen LogP contribution is 2.10. The van der Waals surface area contributed by atoms with Crippen molar-refractivity contribution in [2.45, 2.75) is 40.3 Å². The molecule has 0 aliphatic heterocycles. The summed E-state index contributed by atoms with van der Waals surface area (Å²) in [5.74, 6) is 0. The predicted molar refractivity (Wildman–Crippen MR) is 78.2 cm³/mol. The quantitative estimate of drug-likeness (QED) is 0.777. The molecule has 0 radical (unpaired) electrons. The number of nitrogens with one attached hydrogen (secondary N) is 1. The lowest BCUT2D eigenvalue weighted by Gasteiger charge is -2.24. The predicted octanol–water partition coefficient (Wildman–Crippen LogP) is 2.69. The van der Waals surface area contributed by atoms with Gasteiger partial charge in [0.15, 0.2) is 0 Å². The second kappa shape index (κ2) is 8.86. The van der Waals surface area contributed by atoms with Gasteiger partial charge in [-0.3, -0.25) is 4.90 Å². The first-order valence-electron chi connectivity index (χ1n) is 5.99. The van der Waals surface area contributed by atoms with E-state index in [1.54, 1.807) is 11.3 Å². The number of thiazole rings is 1. The molecule has 3 nitrogen and oxygen atoms in total. The van der Waals surface area contributed by atoms with Crippen molar-refractivity contribution in [1.82, 2.24) is 15.2 Å². The van der Waals surface area contributed by atoms with Gasteiger partial charge < -0.3 is 5.32 Å². The molecule has 1 aromatic heterocycles. The molecule has 1 aromatic rings. The van der Waals surface area contributed by atoms with Gasteiger partial charge in [-0.15, -0.1) is 23.7 Å². The van der Waals surface area contributed by atoms with Gasteiger partial charge in [0, 0.05) is 36.8 Å². The average Bonchev–Trinajstić information content (AvgIpc) is 2.64. The van der Waals surface area contributed by atoms with E-state index in [4.69, 9.17) is 0 Å². The molecule has 0 aliphatic carbocycles. The minimum atomic E-state index is 0. The van der Waals surface area contributed by atoms with E-state index in [9.17, 15) is 0 Å². The van der Waals surface area contributed by atoms with E-state index < -0.39 is 0 Å². The van der Waals surface area contributed by atoms with Crippen molar-refractivity contribution in [3.8, 4) is 0 Å². The van der Waals surface area contributed by atoms with Crippen LogP contribution in [0, 0.1) is 6.92 Å². The van der Waals surface area contributed by atoms with Crippen LogP contribution in [0.25, 0.3) is 0 Å². The molecule has 0 saturated carbocycles. The van der Waals surface area contributed by atoms with E-state index in [-0.39, 0.29) is 12.4 Å². The second-order valence-corrected chi connectivity index (χ2v) is 5.56. The van der Waals surface area contributed by atoms with Crippen LogP contribution in [-0.2, 0) is 6.54 Å². The molecule has 1 N–H and O–H groups in total. The Hall–Kier alpha value is -0.160. The van der Waals surface area contributed by atoms with Crippen LogP contribution in [0.3, 0.4) is 0 Å². The van der Waals surface area contributed by atoms with Crippen LogP contribution in [0.4, 0.5) is 0 Å². The lowest BCUT2D eigenvalue weighted by molar-refractivity contribution is 0.234. The fourth-order valence-corrected chi connectivity index (χ4v) is 2.47. The highest BCUT2D eigenvalue weighted by atomic mass is 35.5. The first-order valence-corrected chi connectivity index (χ1v) is 6.81. The Kier molecular flexibility index (Phi) is 8.78. The molecule has 0 unspecified atom stereocenters. The number of rotatable bonds is 7. The zero-order valence-corrected chi connectivity index (χ0v) is 12.8. The van der Waals surface area contributed by atoms with Gasteiger partial charge in [-0.2, -0.15) is 0 Å². The summed E-state index contributed by atoms with van der Waals surface area (Å²) < 4.78 is 0. The standard InChI is InChI=1S/C12H23N3S.ClH/c1-5-15(10(2)3)7-6-13-8-12-9-14-11(4)16-12;/h9-10,13H,5-8H2,1-4H3;1H. The van der Waals surface area contributed by atoms with E-state index in [2.05, 4.69) is 36.0 Å². The summed E-state index contributed by atoms with van der Waals surface area (Å²) >= 11 is 1.77. The molecule has 5 heteroatoms. The fourth-order valence-electron chi connectivity index (χ4n) is 1.70. The van der Waals surface area contributed by atoms with Crippen LogP contribution in [0.5, 0.6) is 0 Å².